The number of nitrogens with zero attached hydrogens (tertiary/aromatic N) is 1. The number of amides is 3. The fraction of sp³-hybridized carbons (Fsp3) is 0.321. The average Bonchev–Trinajstić information content (AvgIpc) is 2.78. The number of alkyl carbamates (subject to hydrolysis) is 1. The van der Waals surface area contributed by atoms with Crippen LogP contribution in [-0.2, 0) is 14.3 Å². The summed E-state index contributed by atoms with van der Waals surface area (Å²) in [6, 6.07) is 12.0. The Morgan fingerprint density at radius 1 is 1.06 bits per heavy atom. The van der Waals surface area contributed by atoms with Gasteiger partial charge in [-0.2, -0.15) is 0 Å². The number of nitrogens with one attached hydrogen (secondary N) is 2. The Hall–Kier alpha value is -3.87. The molecular formula is C28H35N3O4. The minimum atomic E-state index is -0.972. The van der Waals surface area contributed by atoms with Crippen molar-refractivity contribution in [2.75, 3.05) is 18.4 Å². The van der Waals surface area contributed by atoms with Gasteiger partial charge in [-0.25, -0.2) is 4.79 Å². The van der Waals surface area contributed by atoms with Gasteiger partial charge in [0.05, 0.1) is 0 Å². The number of carbonyl (C=O) groups excluding carboxylic acids is 3. The lowest BCUT2D eigenvalue weighted by Gasteiger charge is -2.31. The van der Waals surface area contributed by atoms with E-state index in [1.807, 2.05) is 44.2 Å². The largest absolute Gasteiger partial charge is 0.444 e. The van der Waals surface area contributed by atoms with Gasteiger partial charge in [-0.3, -0.25) is 9.59 Å². The number of hydrogen-bond acceptors (Lipinski definition) is 4. The Bertz CT molecular complexity index is 1080. The molecule has 2 aromatic carbocycles. The van der Waals surface area contributed by atoms with Crippen LogP contribution in [0.25, 0.3) is 6.08 Å². The molecule has 0 fully saturated rings. The van der Waals surface area contributed by atoms with Crippen LogP contribution < -0.4 is 10.6 Å². The van der Waals surface area contributed by atoms with Gasteiger partial charge < -0.3 is 20.3 Å². The van der Waals surface area contributed by atoms with Crippen LogP contribution in [0.2, 0.25) is 0 Å². The molecule has 1 unspecified atom stereocenters. The molecule has 0 spiro atoms. The second kappa shape index (κ2) is 12.0. The van der Waals surface area contributed by atoms with Gasteiger partial charge in [0, 0.05) is 12.2 Å². The summed E-state index contributed by atoms with van der Waals surface area (Å²) in [4.78, 5) is 40.4. The van der Waals surface area contributed by atoms with Crippen LogP contribution in [0.1, 0.15) is 49.1 Å². The minimum absolute atomic E-state index is 0.0952. The van der Waals surface area contributed by atoms with Crippen LogP contribution in [0.3, 0.4) is 0 Å². The van der Waals surface area contributed by atoms with Crippen molar-refractivity contribution >= 4 is 29.7 Å². The Kier molecular flexibility index (Phi) is 9.40. The smallest absolute Gasteiger partial charge is 0.408 e. The molecule has 0 aliphatic carbocycles. The molecule has 3 amide bonds. The zero-order chi connectivity index (χ0) is 26.2. The van der Waals surface area contributed by atoms with E-state index in [0.29, 0.717) is 11.3 Å². The van der Waals surface area contributed by atoms with Gasteiger partial charge in [0.25, 0.3) is 5.91 Å². The number of ether oxygens (including phenoxy) is 1. The summed E-state index contributed by atoms with van der Waals surface area (Å²) in [6.45, 7) is 16.3. The van der Waals surface area contributed by atoms with Crippen molar-refractivity contribution in [2.45, 2.75) is 46.3 Å². The Balaban J connectivity index is 2.42. The Morgan fingerprint density at radius 3 is 2.26 bits per heavy atom. The first-order valence-electron chi connectivity index (χ1n) is 11.4. The van der Waals surface area contributed by atoms with Crippen molar-refractivity contribution in [1.29, 1.82) is 0 Å². The molecule has 1 atom stereocenters. The highest BCUT2D eigenvalue weighted by atomic mass is 16.6. The SMILES string of the molecule is C=CCN(C(=O)CNC(=O)OC(C)(C)C)C(C(=O)Nc1c(C)cccc1C)c1cccc(C=C)c1. The summed E-state index contributed by atoms with van der Waals surface area (Å²) < 4.78 is 5.22. The molecule has 2 N–H and O–H groups in total. The summed E-state index contributed by atoms with van der Waals surface area (Å²) in [5, 5.41) is 5.48. The lowest BCUT2D eigenvalue weighted by Crippen LogP contribution is -2.46. The molecule has 186 valence electrons. The summed E-state index contributed by atoms with van der Waals surface area (Å²) in [5.41, 5.74) is 3.23. The van der Waals surface area contributed by atoms with Crippen LogP contribution in [0.5, 0.6) is 0 Å². The van der Waals surface area contributed by atoms with Gasteiger partial charge in [-0.15, -0.1) is 6.58 Å². The molecule has 0 aliphatic rings. The summed E-state index contributed by atoms with van der Waals surface area (Å²) >= 11 is 0. The van der Waals surface area contributed by atoms with Crippen LogP contribution in [-0.4, -0.2) is 41.5 Å². The van der Waals surface area contributed by atoms with E-state index in [1.54, 1.807) is 45.1 Å². The summed E-state index contributed by atoms with van der Waals surface area (Å²) in [7, 11) is 0. The second-order valence-electron chi connectivity index (χ2n) is 9.22. The maximum Gasteiger partial charge on any atom is 0.408 e. The van der Waals surface area contributed by atoms with E-state index < -0.39 is 23.6 Å². The van der Waals surface area contributed by atoms with Gasteiger partial charge in [-0.05, 0) is 62.9 Å². The number of carbonyl (C=O) groups is 3. The Morgan fingerprint density at radius 2 is 1.69 bits per heavy atom. The van der Waals surface area contributed by atoms with E-state index in [4.69, 9.17) is 4.74 Å². The monoisotopic (exact) mass is 477 g/mol. The molecule has 2 rings (SSSR count). The van der Waals surface area contributed by atoms with Crippen LogP contribution in [0.15, 0.2) is 61.7 Å². The molecule has 0 aromatic heterocycles. The maximum atomic E-state index is 13.7. The second-order valence-corrected chi connectivity index (χ2v) is 9.22. The molecule has 0 saturated heterocycles. The van der Waals surface area contributed by atoms with Gasteiger partial charge in [0.15, 0.2) is 0 Å². The fourth-order valence-corrected chi connectivity index (χ4v) is 3.59. The summed E-state index contributed by atoms with van der Waals surface area (Å²) in [5.74, 6) is -0.836. The van der Waals surface area contributed by atoms with Crippen molar-refractivity contribution in [3.05, 3.63) is 84.0 Å². The fourth-order valence-electron chi connectivity index (χ4n) is 3.59. The molecule has 7 nitrogen and oxygen atoms in total. The van der Waals surface area contributed by atoms with Gasteiger partial charge in [0.2, 0.25) is 5.91 Å². The highest BCUT2D eigenvalue weighted by molar-refractivity contribution is 5.99. The van der Waals surface area contributed by atoms with Crippen molar-refractivity contribution < 1.29 is 19.1 Å². The standard InChI is InChI=1S/C28H35N3O4/c1-8-16-31(23(32)18-29-27(34)35-28(5,6)7)25(22-15-11-14-21(9-2)17-22)26(33)30-24-19(3)12-10-13-20(24)4/h8-15,17,25H,1-2,16,18H2,3-7H3,(H,29,34)(H,30,33). The van der Waals surface area contributed by atoms with E-state index in [1.165, 1.54) is 4.90 Å². The molecule has 0 saturated carbocycles. The third-order valence-corrected chi connectivity index (χ3v) is 5.18. The highest BCUT2D eigenvalue weighted by Crippen LogP contribution is 2.27. The third-order valence-electron chi connectivity index (χ3n) is 5.18. The molecule has 2 aromatic rings. The van der Waals surface area contributed by atoms with Crippen LogP contribution >= 0.6 is 0 Å². The van der Waals surface area contributed by atoms with Crippen LogP contribution in [0, 0.1) is 13.8 Å². The lowest BCUT2D eigenvalue weighted by molar-refractivity contribution is -0.137. The number of benzene rings is 2. The topological polar surface area (TPSA) is 87.7 Å². The summed E-state index contributed by atoms with van der Waals surface area (Å²) in [6.07, 6.45) is 2.50. The molecular weight excluding hydrogens is 442 g/mol. The van der Waals surface area contributed by atoms with Gasteiger partial charge in [0.1, 0.15) is 18.2 Å². The first-order valence-corrected chi connectivity index (χ1v) is 11.4. The molecule has 0 aliphatic heterocycles. The highest BCUT2D eigenvalue weighted by Gasteiger charge is 2.32. The molecule has 7 heteroatoms. The lowest BCUT2D eigenvalue weighted by atomic mass is 10.0. The molecule has 0 radical (unpaired) electrons. The molecule has 0 bridgehead atoms. The number of para-hydroxylation sites is 1. The van der Waals surface area contributed by atoms with Crippen molar-refractivity contribution in [1.82, 2.24) is 10.2 Å². The number of rotatable bonds is 9. The molecule has 0 heterocycles. The number of hydrogen-bond donors (Lipinski definition) is 2. The predicted molar refractivity (Wildman–Crippen MR) is 140 cm³/mol. The average molecular weight is 478 g/mol. The van der Waals surface area contributed by atoms with E-state index in [2.05, 4.69) is 23.8 Å². The quantitative estimate of drug-likeness (QED) is 0.488. The van der Waals surface area contributed by atoms with Crippen molar-refractivity contribution in [3.63, 3.8) is 0 Å². The van der Waals surface area contributed by atoms with E-state index >= 15 is 0 Å². The van der Waals surface area contributed by atoms with Crippen molar-refractivity contribution in [3.8, 4) is 0 Å². The first kappa shape index (κ1) is 27.4. The van der Waals surface area contributed by atoms with E-state index in [-0.39, 0.29) is 19.0 Å². The van der Waals surface area contributed by atoms with E-state index in [0.717, 1.165) is 16.7 Å². The Labute approximate surface area is 207 Å². The van der Waals surface area contributed by atoms with Crippen LogP contribution in [0.4, 0.5) is 10.5 Å². The van der Waals surface area contributed by atoms with Gasteiger partial charge >= 0.3 is 6.09 Å². The predicted octanol–water partition coefficient (Wildman–Crippen LogP) is 5.17. The third kappa shape index (κ3) is 7.84. The van der Waals surface area contributed by atoms with Crippen molar-refractivity contribution in [2.24, 2.45) is 0 Å². The zero-order valence-electron chi connectivity index (χ0n) is 21.2. The minimum Gasteiger partial charge on any atom is -0.444 e. The van der Waals surface area contributed by atoms with E-state index in [9.17, 15) is 14.4 Å². The maximum absolute atomic E-state index is 13.7. The zero-order valence-corrected chi connectivity index (χ0v) is 21.2. The number of anilines is 1. The molecule has 35 heavy (non-hydrogen) atoms. The van der Waals surface area contributed by atoms with Gasteiger partial charge in [-0.1, -0.05) is 55.1 Å². The normalized spacial score (nSPS) is 11.7. The number of aryl methyl sites for hydroxylation is 2. The first-order chi connectivity index (χ1) is 16.5.